The van der Waals surface area contributed by atoms with Crippen molar-refractivity contribution < 1.29 is 9.90 Å². The molecule has 7 N–H and O–H groups in total. The van der Waals surface area contributed by atoms with Gasteiger partial charge in [0.15, 0.2) is 5.82 Å². The Hall–Kier alpha value is -3.29. The second-order valence-electron chi connectivity index (χ2n) is 15.5. The molecule has 4 saturated heterocycles. The quantitative estimate of drug-likeness (QED) is 0.171. The molecular formula is C39H54ClN9O2S. The fraction of sp³-hybridized carbons (Fsp3) is 0.564. The van der Waals surface area contributed by atoms with Crippen molar-refractivity contribution in [2.24, 2.45) is 11.8 Å². The number of hydrogen-bond acceptors (Lipinski definition) is 11. The molecule has 13 heteroatoms. The first-order valence-corrected chi connectivity index (χ1v) is 20.2. The van der Waals surface area contributed by atoms with Crippen molar-refractivity contribution in [1.82, 2.24) is 25.5 Å². The van der Waals surface area contributed by atoms with Gasteiger partial charge in [-0.05, 0) is 113 Å². The van der Waals surface area contributed by atoms with E-state index in [2.05, 4.69) is 61.5 Å². The molecule has 1 aromatic heterocycles. The number of piperidine rings is 4. The minimum absolute atomic E-state index is 0.0293. The number of anilines is 4. The molecule has 1 amide bonds. The number of hydrogen-bond donors (Lipinski definition) is 5. The molecule has 0 bridgehead atoms. The smallest absolute Gasteiger partial charge is 0.222 e. The van der Waals surface area contributed by atoms with E-state index in [1.165, 1.54) is 62.8 Å². The van der Waals surface area contributed by atoms with Gasteiger partial charge in [0, 0.05) is 61.2 Å². The first-order chi connectivity index (χ1) is 25.1. The third-order valence-corrected chi connectivity index (χ3v) is 13.5. The van der Waals surface area contributed by atoms with Crippen LogP contribution < -0.4 is 31.9 Å². The molecule has 0 aliphatic carbocycles. The Morgan fingerprint density at radius 1 is 0.962 bits per heavy atom. The van der Waals surface area contributed by atoms with Crippen LogP contribution in [0.2, 0.25) is 5.02 Å². The lowest BCUT2D eigenvalue weighted by Gasteiger charge is -2.42. The highest BCUT2D eigenvalue weighted by Crippen LogP contribution is 2.38. The highest BCUT2D eigenvalue weighted by molar-refractivity contribution is 7.99. The number of nitrogens with zero attached hydrogens (tertiary/aromatic N) is 5. The lowest BCUT2D eigenvalue weighted by atomic mass is 9.87. The predicted octanol–water partition coefficient (Wildman–Crippen LogP) is 5.33. The number of nitrogen functional groups attached to an aromatic ring is 2. The zero-order chi connectivity index (χ0) is 36.2. The van der Waals surface area contributed by atoms with Gasteiger partial charge < -0.3 is 41.9 Å². The van der Waals surface area contributed by atoms with Crippen LogP contribution in [0.3, 0.4) is 0 Å². The Balaban J connectivity index is 0.796. The molecule has 3 aromatic rings. The highest BCUT2D eigenvalue weighted by Gasteiger charge is 2.33. The van der Waals surface area contributed by atoms with Crippen molar-refractivity contribution >= 4 is 52.3 Å². The summed E-state index contributed by atoms with van der Waals surface area (Å²) in [6.45, 7) is 11.1. The molecule has 0 saturated carbocycles. The predicted molar refractivity (Wildman–Crippen MR) is 211 cm³/mol. The van der Waals surface area contributed by atoms with Crippen molar-refractivity contribution in [1.29, 1.82) is 0 Å². The van der Waals surface area contributed by atoms with Crippen molar-refractivity contribution in [2.45, 2.75) is 85.9 Å². The molecule has 2 atom stereocenters. The number of aliphatic hydroxyl groups is 1. The minimum Gasteiger partial charge on any atom is -0.397 e. The van der Waals surface area contributed by atoms with Crippen molar-refractivity contribution in [2.75, 3.05) is 73.6 Å². The number of likely N-dealkylation sites (tertiary alicyclic amines) is 1. The van der Waals surface area contributed by atoms with Crippen LogP contribution in [0.4, 0.5) is 23.0 Å². The van der Waals surface area contributed by atoms with Crippen LogP contribution in [0.1, 0.15) is 69.8 Å². The van der Waals surface area contributed by atoms with E-state index < -0.39 is 6.23 Å². The van der Waals surface area contributed by atoms with E-state index in [0.717, 1.165) is 73.7 Å². The fourth-order valence-electron chi connectivity index (χ4n) is 8.30. The molecule has 11 nitrogen and oxygen atoms in total. The van der Waals surface area contributed by atoms with Gasteiger partial charge in [-0.25, -0.2) is 9.97 Å². The molecule has 52 heavy (non-hydrogen) atoms. The maximum atomic E-state index is 11.6. The van der Waals surface area contributed by atoms with E-state index in [4.69, 9.17) is 28.1 Å². The van der Waals surface area contributed by atoms with Gasteiger partial charge in [0.25, 0.3) is 0 Å². The van der Waals surface area contributed by atoms with Crippen molar-refractivity contribution in [3.63, 3.8) is 0 Å². The van der Waals surface area contributed by atoms with Gasteiger partial charge in [-0.2, -0.15) is 0 Å². The summed E-state index contributed by atoms with van der Waals surface area (Å²) in [7, 11) is 0. The monoisotopic (exact) mass is 747 g/mol. The molecule has 4 fully saturated rings. The second kappa shape index (κ2) is 16.4. The SMILES string of the molecule is CC1(NCC2CCN(CC3CCN(c4ccc(C5CCC(=O)NC5O)cc4)CC3)CC2)CCN(c2cnc(Sc3cccc(N)c3Cl)c(N)n2)CC1. The summed E-state index contributed by atoms with van der Waals surface area (Å²) in [5.74, 6) is 2.62. The highest BCUT2D eigenvalue weighted by atomic mass is 35.5. The normalized spacial score (nSPS) is 23.5. The van der Waals surface area contributed by atoms with Crippen LogP contribution in [0.5, 0.6) is 0 Å². The number of aliphatic hydroxyl groups excluding tert-OH is 1. The van der Waals surface area contributed by atoms with Crippen LogP contribution >= 0.6 is 23.4 Å². The Kier molecular flexibility index (Phi) is 11.7. The van der Waals surface area contributed by atoms with E-state index >= 15 is 0 Å². The molecule has 2 aromatic carbocycles. The van der Waals surface area contributed by atoms with Crippen LogP contribution in [-0.4, -0.2) is 90.0 Å². The number of carbonyl (C=O) groups is 1. The van der Waals surface area contributed by atoms with E-state index in [-0.39, 0.29) is 17.4 Å². The summed E-state index contributed by atoms with van der Waals surface area (Å²) < 4.78 is 0. The van der Waals surface area contributed by atoms with Gasteiger partial charge in [0.05, 0.1) is 16.9 Å². The van der Waals surface area contributed by atoms with Crippen LogP contribution in [-0.2, 0) is 4.79 Å². The molecule has 4 aliphatic rings. The summed E-state index contributed by atoms with van der Waals surface area (Å²) in [5.41, 5.74) is 15.3. The molecule has 0 radical (unpaired) electrons. The van der Waals surface area contributed by atoms with E-state index in [9.17, 15) is 9.90 Å². The summed E-state index contributed by atoms with van der Waals surface area (Å²) in [4.78, 5) is 29.2. The summed E-state index contributed by atoms with van der Waals surface area (Å²) in [5, 5.41) is 18.1. The molecule has 7 rings (SSSR count). The number of benzene rings is 2. The van der Waals surface area contributed by atoms with E-state index in [0.29, 0.717) is 34.4 Å². The summed E-state index contributed by atoms with van der Waals surface area (Å²) >= 11 is 7.76. The zero-order valence-electron chi connectivity index (χ0n) is 30.3. The summed E-state index contributed by atoms with van der Waals surface area (Å²) in [6.07, 6.45) is 9.27. The van der Waals surface area contributed by atoms with Gasteiger partial charge in [-0.1, -0.05) is 41.6 Å². The Morgan fingerprint density at radius 2 is 1.67 bits per heavy atom. The Bertz CT molecular complexity index is 1670. The topological polar surface area (TPSA) is 149 Å². The number of carbonyl (C=O) groups excluding carboxylic acids is 1. The van der Waals surface area contributed by atoms with Crippen LogP contribution in [0.25, 0.3) is 0 Å². The molecule has 280 valence electrons. The Labute approximate surface area is 317 Å². The third kappa shape index (κ3) is 8.90. The number of halogens is 1. The van der Waals surface area contributed by atoms with E-state index in [1.54, 1.807) is 6.07 Å². The van der Waals surface area contributed by atoms with Crippen LogP contribution in [0.15, 0.2) is 58.6 Å². The average molecular weight is 748 g/mol. The second-order valence-corrected chi connectivity index (χ2v) is 16.9. The maximum Gasteiger partial charge on any atom is 0.222 e. The number of rotatable bonds is 10. The Morgan fingerprint density at radius 3 is 2.37 bits per heavy atom. The number of nitrogens with two attached hydrogens (primary N) is 2. The van der Waals surface area contributed by atoms with Crippen LogP contribution in [0, 0.1) is 11.8 Å². The van der Waals surface area contributed by atoms with Gasteiger partial charge in [-0.15, -0.1) is 0 Å². The number of amides is 1. The lowest BCUT2D eigenvalue weighted by molar-refractivity contribution is -0.127. The fourth-order valence-corrected chi connectivity index (χ4v) is 9.36. The lowest BCUT2D eigenvalue weighted by Crippen LogP contribution is -2.53. The molecule has 0 spiro atoms. The largest absolute Gasteiger partial charge is 0.397 e. The average Bonchev–Trinajstić information content (AvgIpc) is 3.15. The zero-order valence-corrected chi connectivity index (χ0v) is 31.8. The van der Waals surface area contributed by atoms with Gasteiger partial charge in [-0.3, -0.25) is 4.79 Å². The summed E-state index contributed by atoms with van der Waals surface area (Å²) in [6, 6.07) is 14.2. The van der Waals surface area contributed by atoms with Gasteiger partial charge in [0.2, 0.25) is 5.91 Å². The standard InChI is InChI=1S/C39H54ClN9O2S/c1-39(15-21-49(22-16-39)33-24-43-38(36(42)45-33)52-32-4-2-3-31(41)35(32)40)44-23-26-11-17-47(18-12-26)25-27-13-19-48(20-14-27)29-7-5-28(6-8-29)30-9-10-34(50)46-37(30)51/h2-8,24,26-27,30,37,44,51H,9-23,25,41H2,1H3,(H2,42,45)(H,46,50). The van der Waals surface area contributed by atoms with Gasteiger partial charge in [0.1, 0.15) is 17.1 Å². The van der Waals surface area contributed by atoms with Crippen molar-refractivity contribution in [3.8, 4) is 0 Å². The molecule has 4 aliphatic heterocycles. The number of aromatic nitrogens is 2. The third-order valence-electron chi connectivity index (χ3n) is 11.9. The number of nitrogens with one attached hydrogen (secondary N) is 2. The molecule has 2 unspecified atom stereocenters. The van der Waals surface area contributed by atoms with E-state index in [1.807, 2.05) is 18.3 Å². The first kappa shape index (κ1) is 37.0. The first-order valence-electron chi connectivity index (χ1n) is 19.0. The van der Waals surface area contributed by atoms with Gasteiger partial charge >= 0.3 is 0 Å². The molecule has 5 heterocycles. The van der Waals surface area contributed by atoms with Crippen molar-refractivity contribution in [3.05, 3.63) is 59.2 Å². The minimum atomic E-state index is -0.794. The maximum absolute atomic E-state index is 11.6. The molecular weight excluding hydrogens is 694 g/mol.